The molecule has 0 saturated heterocycles. The molecule has 0 N–H and O–H groups in total. The van der Waals surface area contributed by atoms with Gasteiger partial charge in [0.1, 0.15) is 6.29 Å². The van der Waals surface area contributed by atoms with Crippen LogP contribution < -0.4 is 14.2 Å². The molecule has 0 aliphatic carbocycles. The summed E-state index contributed by atoms with van der Waals surface area (Å²) in [6.07, 6.45) is 31.2. The van der Waals surface area contributed by atoms with Crippen molar-refractivity contribution < 1.29 is 19.0 Å². The molecule has 0 amide bonds. The van der Waals surface area contributed by atoms with E-state index >= 15 is 0 Å². The summed E-state index contributed by atoms with van der Waals surface area (Å²) in [6.45, 7) is 8.72. The quantitative estimate of drug-likeness (QED) is 0.0653. The van der Waals surface area contributed by atoms with E-state index in [-0.39, 0.29) is 0 Å². The van der Waals surface area contributed by atoms with Crippen molar-refractivity contribution >= 4 is 6.29 Å². The number of carbonyl (C=O) groups is 1. The molecule has 0 saturated carbocycles. The summed E-state index contributed by atoms with van der Waals surface area (Å²) in [5.74, 6) is 1.99. The molecule has 0 aromatic heterocycles. The third-order valence-corrected chi connectivity index (χ3v) is 7.93. The minimum absolute atomic E-state index is 0.585. The summed E-state index contributed by atoms with van der Waals surface area (Å²) >= 11 is 0. The monoisotopic (exact) mass is 574 g/mol. The van der Waals surface area contributed by atoms with Gasteiger partial charge in [0.2, 0.25) is 5.75 Å². The van der Waals surface area contributed by atoms with Gasteiger partial charge in [-0.15, -0.1) is 0 Å². The molecule has 1 aromatic rings. The van der Waals surface area contributed by atoms with Crippen molar-refractivity contribution in [2.45, 2.75) is 175 Å². The zero-order valence-electron chi connectivity index (χ0n) is 27.5. The van der Waals surface area contributed by atoms with Crippen LogP contribution in [0.2, 0.25) is 0 Å². The van der Waals surface area contributed by atoms with Crippen LogP contribution in [0.4, 0.5) is 0 Å². The van der Waals surface area contributed by atoms with E-state index in [1.54, 1.807) is 0 Å². The lowest BCUT2D eigenvalue weighted by atomic mass is 10.1. The Morgan fingerprint density at radius 2 is 0.732 bits per heavy atom. The third-order valence-electron chi connectivity index (χ3n) is 7.93. The maximum atomic E-state index is 11.7. The van der Waals surface area contributed by atoms with Gasteiger partial charge in [-0.3, -0.25) is 4.79 Å². The van der Waals surface area contributed by atoms with Crippen LogP contribution in [0.3, 0.4) is 0 Å². The molecule has 0 bridgehead atoms. The highest BCUT2D eigenvalue weighted by Gasteiger charge is 2.16. The van der Waals surface area contributed by atoms with Crippen LogP contribution >= 0.6 is 0 Å². The van der Waals surface area contributed by atoms with E-state index in [1.807, 2.05) is 12.1 Å². The molecule has 0 radical (unpaired) electrons. The summed E-state index contributed by atoms with van der Waals surface area (Å²) in [5.41, 5.74) is 0.585. The highest BCUT2D eigenvalue weighted by atomic mass is 16.5. The number of unbranched alkanes of at least 4 members (excludes halogenated alkanes) is 21. The third kappa shape index (κ3) is 20.8. The number of carbonyl (C=O) groups excluding carboxylic acids is 1. The van der Waals surface area contributed by atoms with E-state index in [1.165, 1.54) is 135 Å². The Morgan fingerprint density at radius 3 is 1.05 bits per heavy atom. The van der Waals surface area contributed by atoms with E-state index in [4.69, 9.17) is 14.2 Å². The lowest BCUT2D eigenvalue weighted by Gasteiger charge is -2.18. The van der Waals surface area contributed by atoms with Gasteiger partial charge in [-0.2, -0.15) is 0 Å². The van der Waals surface area contributed by atoms with Gasteiger partial charge >= 0.3 is 0 Å². The Hall–Kier alpha value is -1.71. The van der Waals surface area contributed by atoms with Gasteiger partial charge < -0.3 is 14.2 Å². The number of ether oxygens (including phenoxy) is 3. The minimum Gasteiger partial charge on any atom is -0.490 e. The molecule has 0 aliphatic heterocycles. The SMILES string of the molecule is CCCCCCCCCCOc1cc(C=O)cc(OCCCCCCCCCC)c1OCCCCCCCCCC. The maximum absolute atomic E-state index is 11.7. The number of hydrogen-bond donors (Lipinski definition) is 0. The minimum atomic E-state index is 0.585. The Morgan fingerprint density at radius 1 is 0.439 bits per heavy atom. The van der Waals surface area contributed by atoms with Crippen LogP contribution in [0.15, 0.2) is 12.1 Å². The predicted molar refractivity (Wildman–Crippen MR) is 176 cm³/mol. The molecule has 41 heavy (non-hydrogen) atoms. The van der Waals surface area contributed by atoms with Crippen LogP contribution in [-0.4, -0.2) is 26.1 Å². The molecule has 1 aromatic carbocycles. The van der Waals surface area contributed by atoms with Crippen LogP contribution in [0.25, 0.3) is 0 Å². The Bertz CT molecular complexity index is 674. The second kappa shape index (κ2) is 28.4. The van der Waals surface area contributed by atoms with Crippen molar-refractivity contribution in [1.82, 2.24) is 0 Å². The fraction of sp³-hybridized carbons (Fsp3) is 0.811. The van der Waals surface area contributed by atoms with Gasteiger partial charge in [0.05, 0.1) is 19.8 Å². The molecule has 1 rings (SSSR count). The standard InChI is InChI=1S/C37H66O4/c1-4-7-10-13-16-19-22-25-28-39-35-31-34(33-38)32-36(40-29-26-23-20-17-14-11-8-5-2)37(35)41-30-27-24-21-18-15-12-9-6-3/h31-33H,4-30H2,1-3H3. The topological polar surface area (TPSA) is 44.8 Å². The second-order valence-electron chi connectivity index (χ2n) is 11.9. The number of rotatable bonds is 31. The Kier molecular flexibility index (Phi) is 25.9. The molecular weight excluding hydrogens is 508 g/mol. The molecule has 4 nitrogen and oxygen atoms in total. The average molecular weight is 575 g/mol. The second-order valence-corrected chi connectivity index (χ2v) is 11.9. The van der Waals surface area contributed by atoms with E-state index in [9.17, 15) is 4.79 Å². The van der Waals surface area contributed by atoms with Gasteiger partial charge in [-0.25, -0.2) is 0 Å². The first-order chi connectivity index (χ1) is 20.3. The van der Waals surface area contributed by atoms with Crippen LogP contribution in [0.1, 0.15) is 185 Å². The van der Waals surface area contributed by atoms with E-state index < -0.39 is 0 Å². The van der Waals surface area contributed by atoms with Crippen molar-refractivity contribution in [3.63, 3.8) is 0 Å². The molecule has 0 atom stereocenters. The van der Waals surface area contributed by atoms with Crippen molar-refractivity contribution in [2.24, 2.45) is 0 Å². The van der Waals surface area contributed by atoms with Gasteiger partial charge in [0.15, 0.2) is 11.5 Å². The summed E-state index contributed by atoms with van der Waals surface area (Å²) in [6, 6.07) is 3.65. The fourth-order valence-electron chi connectivity index (χ4n) is 5.27. The fourth-order valence-corrected chi connectivity index (χ4v) is 5.27. The molecule has 238 valence electrons. The number of hydrogen-bond acceptors (Lipinski definition) is 4. The van der Waals surface area contributed by atoms with Crippen molar-refractivity contribution in [3.8, 4) is 17.2 Å². The summed E-state index contributed by atoms with van der Waals surface area (Å²) in [5, 5.41) is 0. The molecular formula is C37H66O4. The molecule has 4 heteroatoms. The van der Waals surface area contributed by atoms with Gasteiger partial charge in [0.25, 0.3) is 0 Å². The van der Waals surface area contributed by atoms with Crippen molar-refractivity contribution in [3.05, 3.63) is 17.7 Å². The van der Waals surface area contributed by atoms with Crippen molar-refractivity contribution in [1.29, 1.82) is 0 Å². The first-order valence-electron chi connectivity index (χ1n) is 17.8. The molecule has 0 spiro atoms. The lowest BCUT2D eigenvalue weighted by molar-refractivity contribution is 0.112. The summed E-state index contributed by atoms with van der Waals surface area (Å²) in [7, 11) is 0. The van der Waals surface area contributed by atoms with Gasteiger partial charge in [0, 0.05) is 5.56 Å². The lowest BCUT2D eigenvalue weighted by Crippen LogP contribution is -2.07. The largest absolute Gasteiger partial charge is 0.490 e. The van der Waals surface area contributed by atoms with Gasteiger partial charge in [-0.1, -0.05) is 156 Å². The molecule has 0 aliphatic rings. The zero-order valence-corrected chi connectivity index (χ0v) is 27.5. The Balaban J connectivity index is 2.61. The molecule has 0 heterocycles. The first-order valence-corrected chi connectivity index (χ1v) is 17.8. The average Bonchev–Trinajstić information content (AvgIpc) is 2.99. The maximum Gasteiger partial charge on any atom is 0.203 e. The summed E-state index contributed by atoms with van der Waals surface area (Å²) in [4.78, 5) is 11.7. The van der Waals surface area contributed by atoms with E-state index in [0.717, 1.165) is 25.5 Å². The van der Waals surface area contributed by atoms with Crippen LogP contribution in [0.5, 0.6) is 17.2 Å². The van der Waals surface area contributed by atoms with Gasteiger partial charge in [-0.05, 0) is 31.4 Å². The van der Waals surface area contributed by atoms with E-state index in [0.29, 0.717) is 42.6 Å². The number of aldehydes is 1. The van der Waals surface area contributed by atoms with Crippen LogP contribution in [-0.2, 0) is 0 Å². The normalized spacial score (nSPS) is 11.1. The Labute approximate surface area is 254 Å². The zero-order chi connectivity index (χ0) is 29.6. The first kappa shape index (κ1) is 37.3. The number of benzene rings is 1. The molecule has 0 unspecified atom stereocenters. The summed E-state index contributed by atoms with van der Waals surface area (Å²) < 4.78 is 18.8. The highest BCUT2D eigenvalue weighted by Crippen LogP contribution is 2.39. The van der Waals surface area contributed by atoms with Crippen LogP contribution in [0, 0.1) is 0 Å². The highest BCUT2D eigenvalue weighted by molar-refractivity contribution is 5.78. The molecule has 0 fully saturated rings. The van der Waals surface area contributed by atoms with Crippen molar-refractivity contribution in [2.75, 3.05) is 19.8 Å². The predicted octanol–water partition coefficient (Wildman–Crippen LogP) is 12.1. The van der Waals surface area contributed by atoms with E-state index in [2.05, 4.69) is 20.8 Å². The smallest absolute Gasteiger partial charge is 0.203 e.